The van der Waals surface area contributed by atoms with Gasteiger partial charge in [0.25, 0.3) is 0 Å². The smallest absolute Gasteiger partial charge is 0.136 e. The highest BCUT2D eigenvalue weighted by Crippen LogP contribution is 2.42. The van der Waals surface area contributed by atoms with Crippen molar-refractivity contribution in [3.8, 4) is 0 Å². The lowest BCUT2D eigenvalue weighted by Crippen LogP contribution is -2.62. The summed E-state index contributed by atoms with van der Waals surface area (Å²) in [5.41, 5.74) is -3.32. The Morgan fingerprint density at radius 2 is 1.03 bits per heavy atom. The highest BCUT2D eigenvalue weighted by molar-refractivity contribution is 8.29. The molecule has 0 aliphatic carbocycles. The van der Waals surface area contributed by atoms with Crippen LogP contribution in [0.15, 0.2) is 0 Å². The summed E-state index contributed by atoms with van der Waals surface area (Å²) in [6.45, 7) is 0.0299. The van der Waals surface area contributed by atoms with Crippen LogP contribution < -0.4 is 0 Å². The highest BCUT2D eigenvalue weighted by atomic mass is 32.8. The third-order valence-electron chi connectivity index (χ3n) is 6.62. The Labute approximate surface area is 229 Å². The van der Waals surface area contributed by atoms with E-state index in [1.54, 1.807) is 0 Å². The van der Waals surface area contributed by atoms with Crippen molar-refractivity contribution < 1.29 is 65.3 Å². The topological polar surface area (TPSA) is 230 Å². The van der Waals surface area contributed by atoms with Crippen LogP contribution in [0, 0.1) is 0 Å². The van der Waals surface area contributed by atoms with E-state index < -0.39 is 117 Å². The van der Waals surface area contributed by atoms with E-state index in [9.17, 15) is 51.1 Å². The second-order valence-corrected chi connectivity index (χ2v) is 14.6. The van der Waals surface area contributed by atoms with Gasteiger partial charge in [0.2, 0.25) is 0 Å². The summed E-state index contributed by atoms with van der Waals surface area (Å²) in [5, 5.41) is 101. The minimum Gasteiger partial charge on any atom is -0.394 e. The number of rotatable bonds is 9. The minimum atomic E-state index is -1.65. The van der Waals surface area contributed by atoms with Crippen molar-refractivity contribution in [2.24, 2.45) is 0 Å². The average molecular weight is 613 g/mol. The van der Waals surface area contributed by atoms with Crippen LogP contribution in [0.5, 0.6) is 0 Å². The molecule has 0 bridgehead atoms. The Morgan fingerprint density at radius 3 is 1.51 bits per heavy atom. The number of aliphatic hydroxyl groups is 10. The van der Waals surface area contributed by atoms with E-state index in [0.717, 1.165) is 23.5 Å². The lowest BCUT2D eigenvalue weighted by Gasteiger charge is -2.48. The second kappa shape index (κ2) is 14.1. The van der Waals surface area contributed by atoms with Gasteiger partial charge in [-0.2, -0.15) is 0 Å². The molecule has 3 aliphatic heterocycles. The number of hydrogen-bond acceptors (Lipinski definition) is 16. The lowest BCUT2D eigenvalue weighted by molar-refractivity contribution is -0.206. The summed E-state index contributed by atoms with van der Waals surface area (Å²) in [7, 11) is -0.805. The predicted molar refractivity (Wildman–Crippen MR) is 137 cm³/mol. The first-order valence-corrected chi connectivity index (χ1v) is 16.0. The molecule has 0 aromatic heterocycles. The number of ether oxygens (including phenoxy) is 3. The molecule has 0 aromatic carbocycles. The van der Waals surface area contributed by atoms with E-state index in [4.69, 9.17) is 25.4 Å². The minimum absolute atomic E-state index is 0.515. The normalized spacial score (nSPS) is 50.1. The summed E-state index contributed by atoms with van der Waals surface area (Å²) < 4.78 is 17.1. The number of hydrogen-bond donors (Lipinski definition) is 10. The Hall–Kier alpha value is 0.750. The van der Waals surface area contributed by atoms with Crippen molar-refractivity contribution in [2.45, 2.75) is 94.8 Å². The lowest BCUT2D eigenvalue weighted by atomic mass is 10.0. The van der Waals surface area contributed by atoms with Gasteiger partial charge < -0.3 is 65.3 Å². The fourth-order valence-corrected chi connectivity index (χ4v) is 8.94. The third-order valence-corrected chi connectivity index (χ3v) is 12.5. The van der Waals surface area contributed by atoms with E-state index in [-0.39, 0.29) is 0 Å². The first-order chi connectivity index (χ1) is 17.5. The molecule has 11 unspecified atom stereocenters. The highest BCUT2D eigenvalue weighted by Gasteiger charge is 2.53. The predicted octanol–water partition coefficient (Wildman–Crippen LogP) is -5.03. The summed E-state index contributed by atoms with van der Waals surface area (Å²) in [5.74, 6) is 0.516. The number of thioether (sulfide) groups is 2. The Bertz CT molecular complexity index is 749. The zero-order valence-corrected chi connectivity index (χ0v) is 23.1. The van der Waals surface area contributed by atoms with Crippen LogP contribution in [-0.4, -0.2) is 164 Å². The van der Waals surface area contributed by atoms with Crippen LogP contribution in [0.2, 0.25) is 0 Å². The maximum absolute atomic E-state index is 10.9. The van der Waals surface area contributed by atoms with Gasteiger partial charge in [0.1, 0.15) is 52.9 Å². The van der Waals surface area contributed by atoms with Crippen LogP contribution in [0.25, 0.3) is 0 Å². The molecule has 3 aliphatic rings. The van der Waals surface area contributed by atoms with Crippen molar-refractivity contribution >= 4 is 44.2 Å². The molecule has 10 N–H and O–H groups in total. The summed E-state index contributed by atoms with van der Waals surface area (Å²) in [6.07, 6.45) is -14.0. The van der Waals surface area contributed by atoms with Gasteiger partial charge in [-0.3, -0.25) is 0 Å². The molecule has 0 saturated carbocycles. The molecule has 218 valence electrons. The molecule has 16 atom stereocenters. The summed E-state index contributed by atoms with van der Waals surface area (Å²) in [4.78, 5) is 0. The van der Waals surface area contributed by atoms with Gasteiger partial charge in [-0.25, -0.2) is 0 Å². The molecule has 0 amide bonds. The van der Waals surface area contributed by atoms with Gasteiger partial charge in [-0.15, -0.1) is 23.5 Å². The zero-order valence-electron chi connectivity index (χ0n) is 19.8. The first-order valence-electron chi connectivity index (χ1n) is 11.7. The Kier molecular flexibility index (Phi) is 12.3. The molecule has 0 aromatic rings. The van der Waals surface area contributed by atoms with Gasteiger partial charge in [0.15, 0.2) is 0 Å². The van der Waals surface area contributed by atoms with Gasteiger partial charge in [0.05, 0.1) is 54.7 Å². The molecule has 13 nitrogen and oxygen atoms in total. The molecule has 17 heteroatoms. The van der Waals surface area contributed by atoms with E-state index >= 15 is 0 Å². The molecule has 3 saturated heterocycles. The second-order valence-electron chi connectivity index (χ2n) is 8.98. The molecule has 0 radical (unpaired) electrons. The van der Waals surface area contributed by atoms with Gasteiger partial charge in [-0.05, 0) is 16.9 Å². The summed E-state index contributed by atoms with van der Waals surface area (Å²) >= 11 is 6.90. The van der Waals surface area contributed by atoms with E-state index in [2.05, 4.69) is 0 Å². The Morgan fingerprint density at radius 1 is 0.595 bits per heavy atom. The SMILES string of the molecule is CCS(=S)[C@H]1OC(CO)[C@H](SC2OC(CO)[C@@H](S[C@@H]3OC(CO)[C@H](O)C(O)C3O)C(O)C2O)C(O)C1O. The van der Waals surface area contributed by atoms with E-state index in [1.165, 1.54) is 0 Å². The van der Waals surface area contributed by atoms with Crippen LogP contribution in [0.1, 0.15) is 6.92 Å². The molecule has 37 heavy (non-hydrogen) atoms. The fourth-order valence-electron chi connectivity index (χ4n) is 4.42. The average Bonchev–Trinajstić information content (AvgIpc) is 2.90. The van der Waals surface area contributed by atoms with Crippen LogP contribution in [0.4, 0.5) is 0 Å². The van der Waals surface area contributed by atoms with E-state index in [0.29, 0.717) is 5.75 Å². The third kappa shape index (κ3) is 6.81. The molecular formula is C20H36O13S4. The molecular weight excluding hydrogens is 576 g/mol. The van der Waals surface area contributed by atoms with Crippen LogP contribution in [-0.2, 0) is 34.9 Å². The zero-order chi connectivity index (χ0) is 27.6. The molecule has 0 spiro atoms. The van der Waals surface area contributed by atoms with Crippen LogP contribution >= 0.6 is 23.5 Å². The van der Waals surface area contributed by atoms with Crippen molar-refractivity contribution in [2.75, 3.05) is 25.6 Å². The molecule has 3 heterocycles. The maximum atomic E-state index is 10.9. The quantitative estimate of drug-likeness (QED) is 0.117. The van der Waals surface area contributed by atoms with Gasteiger partial charge in [0, 0.05) is 0 Å². The van der Waals surface area contributed by atoms with Crippen molar-refractivity contribution in [3.05, 3.63) is 0 Å². The summed E-state index contributed by atoms with van der Waals surface area (Å²) in [6, 6.07) is 0. The van der Waals surface area contributed by atoms with Crippen molar-refractivity contribution in [1.82, 2.24) is 0 Å². The van der Waals surface area contributed by atoms with E-state index in [1.807, 2.05) is 6.92 Å². The molecule has 3 rings (SSSR count). The largest absolute Gasteiger partial charge is 0.394 e. The van der Waals surface area contributed by atoms with Gasteiger partial charge >= 0.3 is 0 Å². The van der Waals surface area contributed by atoms with Crippen LogP contribution in [0.3, 0.4) is 0 Å². The Balaban J connectivity index is 1.72. The number of aliphatic hydroxyl groups excluding tert-OH is 10. The monoisotopic (exact) mass is 612 g/mol. The first kappa shape index (κ1) is 32.3. The van der Waals surface area contributed by atoms with Crippen molar-refractivity contribution in [1.29, 1.82) is 0 Å². The van der Waals surface area contributed by atoms with Crippen molar-refractivity contribution in [3.63, 3.8) is 0 Å². The fraction of sp³-hybridized carbons (Fsp3) is 1.00. The standard InChI is InChI=1S/C20H36O13S4/c1-2-37(34)20-15(30)12(27)17(8(5-23)33-20)36-19-14(29)11(26)16(7(4-22)32-19)35-18-13(28)10(25)9(24)6(3-21)31-18/h6-30H,2-5H2,1H3/t6?,7?,8?,9-,10?,11?,12?,13?,14?,15?,16+,17-,18-,19?,20+,37?/m0/s1. The maximum Gasteiger partial charge on any atom is 0.136 e. The molecule has 3 fully saturated rings. The van der Waals surface area contributed by atoms with Gasteiger partial charge in [-0.1, -0.05) is 16.4 Å².